The first kappa shape index (κ1) is 25.4. The van der Waals surface area contributed by atoms with Gasteiger partial charge in [0.25, 0.3) is 0 Å². The second-order valence-corrected chi connectivity index (χ2v) is 16.2. The van der Waals surface area contributed by atoms with Crippen LogP contribution in [-0.2, 0) is 10.7 Å². The van der Waals surface area contributed by atoms with Gasteiger partial charge in [-0.15, -0.1) is 0 Å². The largest absolute Gasteiger partial charge is 0.307 e. The fourth-order valence-corrected chi connectivity index (χ4v) is 11.0. The van der Waals surface area contributed by atoms with Gasteiger partial charge >= 0.3 is 0 Å². The van der Waals surface area contributed by atoms with Crippen molar-refractivity contribution in [3.8, 4) is 0 Å². The van der Waals surface area contributed by atoms with Gasteiger partial charge in [0, 0.05) is 47.3 Å². The maximum atomic E-state index is 15.3. The first-order valence-electron chi connectivity index (χ1n) is 12.9. The summed E-state index contributed by atoms with van der Waals surface area (Å²) in [4.78, 5) is 0. The number of hydrogen-bond donors (Lipinski definition) is 2. The van der Waals surface area contributed by atoms with Crippen LogP contribution in [-0.4, -0.2) is 56.7 Å². The third-order valence-electron chi connectivity index (χ3n) is 7.77. The van der Waals surface area contributed by atoms with Gasteiger partial charge in [-0.2, -0.15) is 0 Å². The van der Waals surface area contributed by atoms with E-state index in [1.54, 1.807) is 0 Å². The Balaban J connectivity index is 1.70. The van der Waals surface area contributed by atoms with Gasteiger partial charge < -0.3 is 10.6 Å². The van der Waals surface area contributed by atoms with Crippen molar-refractivity contribution in [1.82, 2.24) is 20.0 Å². The molecule has 0 unspecified atom stereocenters. The molecule has 3 saturated heterocycles. The molecular weight excluding hydrogens is 427 g/mol. The van der Waals surface area contributed by atoms with E-state index in [0.717, 1.165) is 38.8 Å². The molecule has 3 aliphatic heterocycles. The topological polar surface area (TPSA) is 47.6 Å². The minimum Gasteiger partial charge on any atom is -0.307 e. The van der Waals surface area contributed by atoms with Crippen molar-refractivity contribution in [1.29, 1.82) is 0 Å². The Kier molecular flexibility index (Phi) is 6.50. The highest BCUT2D eigenvalue weighted by Gasteiger charge is 2.53. The second kappa shape index (κ2) is 8.45. The van der Waals surface area contributed by atoms with E-state index in [1.807, 2.05) is 0 Å². The van der Waals surface area contributed by atoms with Crippen LogP contribution in [0.3, 0.4) is 0 Å². The summed E-state index contributed by atoms with van der Waals surface area (Å²) in [6.07, 6.45) is 4.78. The van der Waals surface area contributed by atoms with Gasteiger partial charge in [-0.05, 0) is 86.6 Å². The van der Waals surface area contributed by atoms with Crippen molar-refractivity contribution in [2.75, 3.05) is 13.1 Å². The molecule has 0 amide bonds. The number of nitrogens with zero attached hydrogens (tertiary/aromatic N) is 2. The standard InChI is InChI=1S/C27H47N4OP/c1-24(2)16-22(17-25(3,4)28-24)30-14-15-31(23-18-26(5,6)29-27(7,8)19-23)33(30,32)20-21-12-10-9-11-13-21/h9-13,22-23,28-29H,14-20H2,1-8H3. The molecule has 3 fully saturated rings. The van der Waals surface area contributed by atoms with Crippen molar-refractivity contribution in [2.45, 2.75) is 121 Å². The molecule has 4 rings (SSSR count). The van der Waals surface area contributed by atoms with Crippen molar-refractivity contribution >= 4 is 7.44 Å². The fourth-order valence-electron chi connectivity index (χ4n) is 7.50. The summed E-state index contributed by atoms with van der Waals surface area (Å²) < 4.78 is 20.2. The van der Waals surface area contributed by atoms with Gasteiger partial charge in [-0.3, -0.25) is 4.57 Å². The lowest BCUT2D eigenvalue weighted by molar-refractivity contribution is 0.111. The summed E-state index contributed by atoms with van der Waals surface area (Å²) in [5.41, 5.74) is 1.34. The molecular formula is C27H47N4OP. The highest BCUT2D eigenvalue weighted by Crippen LogP contribution is 2.63. The lowest BCUT2D eigenvalue weighted by Crippen LogP contribution is -2.62. The maximum Gasteiger partial charge on any atom is 0.221 e. The van der Waals surface area contributed by atoms with Gasteiger partial charge in [-0.1, -0.05) is 30.3 Å². The molecule has 3 aliphatic rings. The smallest absolute Gasteiger partial charge is 0.221 e. The lowest BCUT2D eigenvalue weighted by Gasteiger charge is -2.52. The van der Waals surface area contributed by atoms with Crippen molar-refractivity contribution in [3.05, 3.63) is 35.9 Å². The Bertz CT molecular complexity index is 813. The SMILES string of the molecule is CC1(C)CC(N2CCN(C3CC(C)(C)NC(C)(C)C3)P2(=O)Cc2ccccc2)CC(C)(C)N1. The fraction of sp³-hybridized carbons (Fsp3) is 0.778. The molecule has 0 atom stereocenters. The Morgan fingerprint density at radius 2 is 1.09 bits per heavy atom. The van der Waals surface area contributed by atoms with Gasteiger partial charge in [0.05, 0.1) is 6.16 Å². The molecule has 0 aliphatic carbocycles. The Morgan fingerprint density at radius 1 is 0.727 bits per heavy atom. The maximum absolute atomic E-state index is 15.3. The van der Waals surface area contributed by atoms with Gasteiger partial charge in [0.15, 0.2) is 0 Å². The third-order valence-corrected chi connectivity index (χ3v) is 11.2. The van der Waals surface area contributed by atoms with Crippen LogP contribution in [0.5, 0.6) is 0 Å². The second-order valence-electron chi connectivity index (χ2n) is 13.5. The van der Waals surface area contributed by atoms with Crippen LogP contribution in [0.25, 0.3) is 0 Å². The average molecular weight is 475 g/mol. The molecule has 0 aromatic heterocycles. The molecule has 0 radical (unpaired) electrons. The molecule has 1 aromatic rings. The number of piperidine rings is 2. The summed E-state index contributed by atoms with van der Waals surface area (Å²) in [5.74, 6) is 0. The number of hydrogen-bond acceptors (Lipinski definition) is 3. The summed E-state index contributed by atoms with van der Waals surface area (Å²) in [6.45, 7) is 20.2. The zero-order valence-corrected chi connectivity index (χ0v) is 23.1. The Hall–Kier alpha value is -0.710. The monoisotopic (exact) mass is 474 g/mol. The molecule has 5 nitrogen and oxygen atoms in total. The Labute approximate surface area is 202 Å². The quantitative estimate of drug-likeness (QED) is 0.555. The molecule has 33 heavy (non-hydrogen) atoms. The van der Waals surface area contributed by atoms with Crippen LogP contribution in [0, 0.1) is 0 Å². The molecule has 6 heteroatoms. The van der Waals surface area contributed by atoms with Crippen LogP contribution in [0.15, 0.2) is 30.3 Å². The van der Waals surface area contributed by atoms with E-state index >= 15 is 4.57 Å². The highest BCUT2D eigenvalue weighted by atomic mass is 31.2. The predicted octanol–water partition coefficient (Wildman–Crippen LogP) is 5.62. The van der Waals surface area contributed by atoms with Crippen LogP contribution in [0.2, 0.25) is 0 Å². The van der Waals surface area contributed by atoms with E-state index in [2.05, 4.69) is 106 Å². The summed E-state index contributed by atoms with van der Waals surface area (Å²) >= 11 is 0. The molecule has 0 spiro atoms. The van der Waals surface area contributed by atoms with Crippen LogP contribution in [0.1, 0.15) is 86.6 Å². The number of nitrogens with one attached hydrogen (secondary N) is 2. The first-order valence-corrected chi connectivity index (χ1v) is 14.7. The van der Waals surface area contributed by atoms with E-state index in [1.165, 1.54) is 5.56 Å². The van der Waals surface area contributed by atoms with Gasteiger partial charge in [-0.25, -0.2) is 9.34 Å². The van der Waals surface area contributed by atoms with Crippen molar-refractivity contribution < 1.29 is 4.57 Å². The van der Waals surface area contributed by atoms with Crippen LogP contribution in [0.4, 0.5) is 0 Å². The summed E-state index contributed by atoms with van der Waals surface area (Å²) in [5, 5.41) is 7.64. The minimum atomic E-state index is -2.76. The minimum absolute atomic E-state index is 0.0379. The third kappa shape index (κ3) is 5.59. The summed E-state index contributed by atoms with van der Waals surface area (Å²) in [6, 6.07) is 11.2. The molecule has 3 heterocycles. The molecule has 0 saturated carbocycles. The van der Waals surface area contributed by atoms with E-state index < -0.39 is 7.44 Å². The highest BCUT2D eigenvalue weighted by molar-refractivity contribution is 7.58. The average Bonchev–Trinajstić information content (AvgIpc) is 2.94. The van der Waals surface area contributed by atoms with Crippen molar-refractivity contribution in [3.63, 3.8) is 0 Å². The van der Waals surface area contributed by atoms with E-state index in [0.29, 0.717) is 18.2 Å². The van der Waals surface area contributed by atoms with Gasteiger partial charge in [0.2, 0.25) is 7.44 Å². The van der Waals surface area contributed by atoms with E-state index in [9.17, 15) is 0 Å². The molecule has 2 N–H and O–H groups in total. The predicted molar refractivity (Wildman–Crippen MR) is 140 cm³/mol. The zero-order chi connectivity index (χ0) is 24.3. The molecule has 1 aromatic carbocycles. The van der Waals surface area contributed by atoms with Crippen LogP contribution < -0.4 is 10.6 Å². The summed E-state index contributed by atoms with van der Waals surface area (Å²) in [7, 11) is -2.76. The first-order chi connectivity index (χ1) is 15.1. The molecule has 186 valence electrons. The number of rotatable bonds is 4. The van der Waals surface area contributed by atoms with E-state index in [-0.39, 0.29) is 22.2 Å². The normalized spacial score (nSPS) is 29.8. The Morgan fingerprint density at radius 3 is 1.45 bits per heavy atom. The van der Waals surface area contributed by atoms with Gasteiger partial charge in [0.1, 0.15) is 0 Å². The van der Waals surface area contributed by atoms with Crippen molar-refractivity contribution in [2.24, 2.45) is 0 Å². The van der Waals surface area contributed by atoms with Crippen LogP contribution >= 0.6 is 7.44 Å². The number of benzene rings is 1. The molecule has 0 bridgehead atoms. The lowest BCUT2D eigenvalue weighted by atomic mass is 9.79. The zero-order valence-electron chi connectivity index (χ0n) is 22.2. The van der Waals surface area contributed by atoms with E-state index in [4.69, 9.17) is 0 Å².